The highest BCUT2D eigenvalue weighted by atomic mass is 32.2. The SMILES string of the molecule is CSCC[C@H](CC(=O)O)NC(=O)CN1CCC[C@@H](CCC2CCNCC2)C1=O. The average molecular weight is 414 g/mol. The predicted octanol–water partition coefficient (Wildman–Crippen LogP) is 1.72. The molecule has 3 N–H and O–H groups in total. The highest BCUT2D eigenvalue weighted by Crippen LogP contribution is 2.27. The van der Waals surface area contributed by atoms with Gasteiger partial charge in [0.1, 0.15) is 0 Å². The van der Waals surface area contributed by atoms with Gasteiger partial charge in [-0.1, -0.05) is 0 Å². The predicted molar refractivity (Wildman–Crippen MR) is 111 cm³/mol. The van der Waals surface area contributed by atoms with Crippen LogP contribution in [0.4, 0.5) is 0 Å². The Bertz CT molecular complexity index is 526. The molecule has 2 amide bonds. The lowest BCUT2D eigenvalue weighted by molar-refractivity contribution is -0.143. The molecule has 7 nitrogen and oxygen atoms in total. The minimum atomic E-state index is -0.918. The zero-order valence-corrected chi connectivity index (χ0v) is 17.8. The molecule has 0 aromatic rings. The van der Waals surface area contributed by atoms with Crippen molar-refractivity contribution >= 4 is 29.5 Å². The number of hydrogen-bond acceptors (Lipinski definition) is 5. The first kappa shape index (κ1) is 23.0. The summed E-state index contributed by atoms with van der Waals surface area (Å²) in [5.74, 6) is 0.454. The van der Waals surface area contributed by atoms with Crippen LogP contribution in [0.2, 0.25) is 0 Å². The zero-order chi connectivity index (χ0) is 20.4. The van der Waals surface area contributed by atoms with E-state index in [9.17, 15) is 14.4 Å². The molecule has 160 valence electrons. The van der Waals surface area contributed by atoms with E-state index in [1.165, 1.54) is 12.8 Å². The number of likely N-dealkylation sites (tertiary alicyclic amines) is 1. The Morgan fingerprint density at radius 2 is 2.04 bits per heavy atom. The molecule has 0 saturated carbocycles. The monoisotopic (exact) mass is 413 g/mol. The Morgan fingerprint density at radius 1 is 1.29 bits per heavy atom. The molecule has 2 aliphatic rings. The van der Waals surface area contributed by atoms with Gasteiger partial charge in [0.05, 0.1) is 13.0 Å². The first-order valence-electron chi connectivity index (χ1n) is 10.5. The van der Waals surface area contributed by atoms with E-state index in [1.54, 1.807) is 16.7 Å². The number of aliphatic carboxylic acids is 1. The molecule has 2 heterocycles. The second-order valence-corrected chi connectivity index (χ2v) is 9.00. The third kappa shape index (κ3) is 7.99. The van der Waals surface area contributed by atoms with Crippen molar-refractivity contribution in [1.29, 1.82) is 0 Å². The molecule has 0 unspecified atom stereocenters. The minimum Gasteiger partial charge on any atom is -0.481 e. The van der Waals surface area contributed by atoms with Gasteiger partial charge in [-0.2, -0.15) is 11.8 Å². The van der Waals surface area contributed by atoms with Crippen LogP contribution in [0.1, 0.15) is 51.4 Å². The number of carbonyl (C=O) groups is 3. The number of hydrogen-bond donors (Lipinski definition) is 3. The van der Waals surface area contributed by atoms with E-state index in [-0.39, 0.29) is 36.7 Å². The standard InChI is InChI=1S/C20H35N3O4S/c1-28-12-8-17(13-19(25)26)22-18(24)14-23-11-2-3-16(20(23)27)5-4-15-6-9-21-10-7-15/h15-17,21H,2-14H2,1H3,(H,22,24)(H,25,26)/t16-,17+/m0/s1. The molecule has 2 saturated heterocycles. The van der Waals surface area contributed by atoms with Gasteiger partial charge < -0.3 is 20.6 Å². The first-order valence-corrected chi connectivity index (χ1v) is 11.9. The highest BCUT2D eigenvalue weighted by molar-refractivity contribution is 7.98. The molecule has 0 aromatic carbocycles. The van der Waals surface area contributed by atoms with E-state index in [4.69, 9.17) is 5.11 Å². The van der Waals surface area contributed by atoms with Crippen LogP contribution in [-0.2, 0) is 14.4 Å². The Morgan fingerprint density at radius 3 is 2.71 bits per heavy atom. The fraction of sp³-hybridized carbons (Fsp3) is 0.850. The van der Waals surface area contributed by atoms with Crippen LogP contribution in [0.25, 0.3) is 0 Å². The van der Waals surface area contributed by atoms with Gasteiger partial charge in [0.25, 0.3) is 0 Å². The van der Waals surface area contributed by atoms with Gasteiger partial charge >= 0.3 is 5.97 Å². The van der Waals surface area contributed by atoms with Gasteiger partial charge in [0, 0.05) is 18.5 Å². The van der Waals surface area contributed by atoms with Crippen LogP contribution in [-0.4, -0.2) is 72.0 Å². The van der Waals surface area contributed by atoms with Crippen molar-refractivity contribution in [2.24, 2.45) is 11.8 Å². The maximum absolute atomic E-state index is 12.8. The lowest BCUT2D eigenvalue weighted by Gasteiger charge is -2.33. The molecule has 0 aliphatic carbocycles. The normalized spacial score (nSPS) is 22.1. The number of piperidine rings is 2. The minimum absolute atomic E-state index is 0.0303. The van der Waals surface area contributed by atoms with Gasteiger partial charge in [-0.15, -0.1) is 0 Å². The van der Waals surface area contributed by atoms with Gasteiger partial charge in [-0.25, -0.2) is 0 Å². The molecule has 2 aliphatic heterocycles. The van der Waals surface area contributed by atoms with Crippen molar-refractivity contribution in [1.82, 2.24) is 15.5 Å². The number of carboxylic acids is 1. The molecule has 28 heavy (non-hydrogen) atoms. The molecule has 0 spiro atoms. The number of rotatable bonds is 11. The van der Waals surface area contributed by atoms with E-state index in [0.717, 1.165) is 44.5 Å². The molecular formula is C20H35N3O4S. The van der Waals surface area contributed by atoms with Crippen LogP contribution in [0.5, 0.6) is 0 Å². The smallest absolute Gasteiger partial charge is 0.305 e. The van der Waals surface area contributed by atoms with Crippen molar-refractivity contribution < 1.29 is 19.5 Å². The van der Waals surface area contributed by atoms with Crippen LogP contribution < -0.4 is 10.6 Å². The van der Waals surface area contributed by atoms with Crippen molar-refractivity contribution in [3.05, 3.63) is 0 Å². The van der Waals surface area contributed by atoms with Crippen molar-refractivity contribution in [3.63, 3.8) is 0 Å². The molecule has 8 heteroatoms. The topological polar surface area (TPSA) is 98.7 Å². The average Bonchev–Trinajstić information content (AvgIpc) is 2.67. The fourth-order valence-electron chi connectivity index (χ4n) is 4.20. The number of carboxylic acid groups (broad SMARTS) is 1. The van der Waals surface area contributed by atoms with Crippen LogP contribution in [0.15, 0.2) is 0 Å². The molecule has 0 aromatic heterocycles. The van der Waals surface area contributed by atoms with E-state index in [0.29, 0.717) is 18.9 Å². The zero-order valence-electron chi connectivity index (χ0n) is 17.0. The molecule has 0 radical (unpaired) electrons. The lowest BCUT2D eigenvalue weighted by atomic mass is 9.86. The Labute approximate surface area is 172 Å². The van der Waals surface area contributed by atoms with Crippen LogP contribution >= 0.6 is 11.8 Å². The summed E-state index contributed by atoms with van der Waals surface area (Å²) in [7, 11) is 0. The second kappa shape index (κ2) is 12.3. The third-order valence-electron chi connectivity index (χ3n) is 5.81. The van der Waals surface area contributed by atoms with Gasteiger partial charge in [-0.05, 0) is 76.0 Å². The van der Waals surface area contributed by atoms with Crippen molar-refractivity contribution in [2.45, 2.75) is 57.4 Å². The molecule has 2 fully saturated rings. The summed E-state index contributed by atoms with van der Waals surface area (Å²) in [5.41, 5.74) is 0. The molecule has 2 rings (SSSR count). The summed E-state index contributed by atoms with van der Waals surface area (Å²) < 4.78 is 0. The summed E-state index contributed by atoms with van der Waals surface area (Å²) in [5, 5.41) is 15.2. The Kier molecular flexibility index (Phi) is 10.1. The number of carbonyl (C=O) groups excluding carboxylic acids is 2. The van der Waals surface area contributed by atoms with Gasteiger partial charge in [0.15, 0.2) is 0 Å². The number of amides is 2. The van der Waals surface area contributed by atoms with Crippen molar-refractivity contribution in [3.8, 4) is 0 Å². The maximum atomic E-state index is 12.8. The van der Waals surface area contributed by atoms with Gasteiger partial charge in [-0.3, -0.25) is 14.4 Å². The number of thioether (sulfide) groups is 1. The summed E-state index contributed by atoms with van der Waals surface area (Å²) in [4.78, 5) is 37.9. The Hall–Kier alpha value is -1.28. The van der Waals surface area contributed by atoms with Crippen LogP contribution in [0, 0.1) is 11.8 Å². The summed E-state index contributed by atoms with van der Waals surface area (Å²) in [6.07, 6.45) is 8.71. The number of nitrogens with one attached hydrogen (secondary N) is 2. The lowest BCUT2D eigenvalue weighted by Crippen LogP contribution is -2.48. The molecule has 0 bridgehead atoms. The molecule has 2 atom stereocenters. The first-order chi connectivity index (χ1) is 13.5. The largest absolute Gasteiger partial charge is 0.481 e. The fourth-order valence-corrected chi connectivity index (χ4v) is 4.72. The second-order valence-electron chi connectivity index (χ2n) is 8.01. The van der Waals surface area contributed by atoms with E-state index in [2.05, 4.69) is 10.6 Å². The summed E-state index contributed by atoms with van der Waals surface area (Å²) >= 11 is 1.62. The van der Waals surface area contributed by atoms with E-state index in [1.807, 2.05) is 6.26 Å². The third-order valence-corrected chi connectivity index (χ3v) is 6.46. The summed E-state index contributed by atoms with van der Waals surface area (Å²) in [6.45, 7) is 2.80. The maximum Gasteiger partial charge on any atom is 0.305 e. The van der Waals surface area contributed by atoms with Gasteiger partial charge in [0.2, 0.25) is 11.8 Å². The number of nitrogens with zero attached hydrogens (tertiary/aromatic N) is 1. The van der Waals surface area contributed by atoms with Crippen molar-refractivity contribution in [2.75, 3.05) is 38.2 Å². The Balaban J connectivity index is 1.79. The van der Waals surface area contributed by atoms with E-state index >= 15 is 0 Å². The van der Waals surface area contributed by atoms with Crippen LogP contribution in [0.3, 0.4) is 0 Å². The quantitative estimate of drug-likeness (QED) is 0.477. The summed E-state index contributed by atoms with van der Waals surface area (Å²) in [6, 6.07) is -0.381. The van der Waals surface area contributed by atoms with E-state index < -0.39 is 5.97 Å². The molecular weight excluding hydrogens is 378 g/mol. The highest BCUT2D eigenvalue weighted by Gasteiger charge is 2.30.